The Hall–Kier alpha value is -1.65. The molecule has 3 rings (SSSR count). The lowest BCUT2D eigenvalue weighted by Crippen LogP contribution is -2.20. The van der Waals surface area contributed by atoms with Crippen LogP contribution in [0.15, 0.2) is 36.4 Å². The monoisotopic (exact) mass is 296 g/mol. The maximum atomic E-state index is 13.9. The Morgan fingerprint density at radius 3 is 2.65 bits per heavy atom. The minimum atomic E-state index is -0.894. The second-order valence-electron chi connectivity index (χ2n) is 4.71. The van der Waals surface area contributed by atoms with Crippen LogP contribution in [0.25, 0.3) is 0 Å². The number of ether oxygens (including phenoxy) is 1. The molecular weight excluding hydrogens is 286 g/mol. The minimum Gasteiger partial charge on any atom is -0.485 e. The first kappa shape index (κ1) is 13.3. The number of aliphatic hydroxyl groups is 1. The lowest BCUT2D eigenvalue weighted by molar-refractivity contribution is 0.0636. The third kappa shape index (κ3) is 2.37. The second-order valence-corrected chi connectivity index (χ2v) is 5.14. The summed E-state index contributed by atoms with van der Waals surface area (Å²) < 4.78 is 32.7. The molecule has 0 aromatic heterocycles. The highest BCUT2D eigenvalue weighted by atomic mass is 35.5. The molecule has 5 heteroatoms. The molecule has 0 saturated carbocycles. The molecular formula is C15H11ClF2O2. The normalized spacial score (nSPS) is 21.2. The lowest BCUT2D eigenvalue weighted by atomic mass is 9.94. The summed E-state index contributed by atoms with van der Waals surface area (Å²) in [5, 5.41) is 10.4. The summed E-state index contributed by atoms with van der Waals surface area (Å²) >= 11 is 5.71. The zero-order chi connectivity index (χ0) is 14.3. The Balaban J connectivity index is 1.97. The van der Waals surface area contributed by atoms with E-state index in [1.807, 2.05) is 0 Å². The smallest absolute Gasteiger partial charge is 0.131 e. The molecule has 0 bridgehead atoms. The maximum Gasteiger partial charge on any atom is 0.131 e. The Morgan fingerprint density at radius 1 is 1.10 bits per heavy atom. The van der Waals surface area contributed by atoms with Gasteiger partial charge in [-0.25, -0.2) is 8.78 Å². The van der Waals surface area contributed by atoms with Crippen molar-refractivity contribution in [1.82, 2.24) is 0 Å². The third-order valence-electron chi connectivity index (χ3n) is 3.35. The van der Waals surface area contributed by atoms with E-state index in [1.165, 1.54) is 30.3 Å². The summed E-state index contributed by atoms with van der Waals surface area (Å²) in [6.45, 7) is 0. The molecule has 104 valence electrons. The van der Waals surface area contributed by atoms with Gasteiger partial charge in [-0.1, -0.05) is 17.7 Å². The molecule has 0 radical (unpaired) electrons. The average Bonchev–Trinajstić information content (AvgIpc) is 2.39. The summed E-state index contributed by atoms with van der Waals surface area (Å²) in [6.07, 6.45) is -1.36. The first-order chi connectivity index (χ1) is 9.54. The molecule has 1 N–H and O–H groups in total. The number of hydrogen-bond donors (Lipinski definition) is 1. The van der Waals surface area contributed by atoms with Gasteiger partial charge in [0.15, 0.2) is 0 Å². The molecule has 20 heavy (non-hydrogen) atoms. The van der Waals surface area contributed by atoms with E-state index in [0.29, 0.717) is 21.9 Å². The van der Waals surface area contributed by atoms with Crippen LogP contribution in [0.1, 0.15) is 29.8 Å². The lowest BCUT2D eigenvalue weighted by Gasteiger charge is -2.30. The quantitative estimate of drug-likeness (QED) is 0.855. The van der Waals surface area contributed by atoms with Gasteiger partial charge in [0.1, 0.15) is 23.5 Å². The standard InChI is InChI=1S/C15H11ClF2O2/c16-8-1-3-10(12(18)5-8)15-7-13(19)11-6-9(17)2-4-14(11)20-15/h1-6,13,15,19H,7H2/t13-,15?/m1/s1. The fraction of sp³-hybridized carbons (Fsp3) is 0.200. The Bertz CT molecular complexity index is 660. The van der Waals surface area contributed by atoms with Crippen LogP contribution in [0.5, 0.6) is 5.75 Å². The molecule has 0 saturated heterocycles. The van der Waals surface area contributed by atoms with Crippen LogP contribution in [-0.4, -0.2) is 5.11 Å². The summed E-state index contributed by atoms with van der Waals surface area (Å²) in [6, 6.07) is 8.21. The van der Waals surface area contributed by atoms with Gasteiger partial charge in [-0.2, -0.15) is 0 Å². The third-order valence-corrected chi connectivity index (χ3v) is 3.58. The zero-order valence-electron chi connectivity index (χ0n) is 10.3. The van der Waals surface area contributed by atoms with Crippen molar-refractivity contribution < 1.29 is 18.6 Å². The van der Waals surface area contributed by atoms with E-state index in [0.717, 1.165) is 0 Å². The number of benzene rings is 2. The van der Waals surface area contributed by atoms with Gasteiger partial charge < -0.3 is 9.84 Å². The van der Waals surface area contributed by atoms with Crippen LogP contribution in [-0.2, 0) is 0 Å². The van der Waals surface area contributed by atoms with Crippen molar-refractivity contribution in [3.8, 4) is 5.75 Å². The first-order valence-electron chi connectivity index (χ1n) is 6.13. The number of fused-ring (bicyclic) bond motifs is 1. The van der Waals surface area contributed by atoms with E-state index >= 15 is 0 Å². The van der Waals surface area contributed by atoms with Crippen LogP contribution >= 0.6 is 11.6 Å². The largest absolute Gasteiger partial charge is 0.485 e. The molecule has 0 amide bonds. The topological polar surface area (TPSA) is 29.5 Å². The van der Waals surface area contributed by atoms with E-state index in [4.69, 9.17) is 16.3 Å². The molecule has 1 aliphatic heterocycles. The maximum absolute atomic E-state index is 13.9. The van der Waals surface area contributed by atoms with Crippen molar-refractivity contribution >= 4 is 11.6 Å². The molecule has 1 aliphatic rings. The highest BCUT2D eigenvalue weighted by molar-refractivity contribution is 6.30. The SMILES string of the molecule is O[C@@H]1CC(c2ccc(Cl)cc2F)Oc2ccc(F)cc21. The molecule has 0 aliphatic carbocycles. The van der Waals surface area contributed by atoms with Gasteiger partial charge in [0, 0.05) is 22.6 Å². The van der Waals surface area contributed by atoms with Crippen molar-refractivity contribution in [3.63, 3.8) is 0 Å². The van der Waals surface area contributed by atoms with Gasteiger partial charge in [0.05, 0.1) is 6.10 Å². The Kier molecular flexibility index (Phi) is 3.36. The summed E-state index contributed by atoms with van der Waals surface area (Å²) in [4.78, 5) is 0. The van der Waals surface area contributed by atoms with Crippen molar-refractivity contribution in [2.75, 3.05) is 0 Å². The van der Waals surface area contributed by atoms with Gasteiger partial charge in [-0.3, -0.25) is 0 Å². The number of hydrogen-bond acceptors (Lipinski definition) is 2. The van der Waals surface area contributed by atoms with Crippen LogP contribution in [0.2, 0.25) is 5.02 Å². The molecule has 1 unspecified atom stereocenters. The van der Waals surface area contributed by atoms with Crippen molar-refractivity contribution in [3.05, 3.63) is 64.2 Å². The van der Waals surface area contributed by atoms with Crippen LogP contribution in [0, 0.1) is 11.6 Å². The van der Waals surface area contributed by atoms with Crippen molar-refractivity contribution in [1.29, 1.82) is 0 Å². The van der Waals surface area contributed by atoms with Crippen LogP contribution < -0.4 is 4.74 Å². The van der Waals surface area contributed by atoms with Gasteiger partial charge in [-0.05, 0) is 30.3 Å². The number of halogens is 3. The fourth-order valence-corrected chi connectivity index (χ4v) is 2.53. The predicted octanol–water partition coefficient (Wildman–Crippen LogP) is 4.18. The zero-order valence-corrected chi connectivity index (χ0v) is 11.1. The van der Waals surface area contributed by atoms with Gasteiger partial charge in [0.25, 0.3) is 0 Å². The van der Waals surface area contributed by atoms with E-state index in [2.05, 4.69) is 0 Å². The van der Waals surface area contributed by atoms with Crippen LogP contribution in [0.4, 0.5) is 8.78 Å². The first-order valence-corrected chi connectivity index (χ1v) is 6.51. The highest BCUT2D eigenvalue weighted by Crippen LogP contribution is 2.41. The Labute approximate surface area is 119 Å². The van der Waals surface area contributed by atoms with E-state index in [9.17, 15) is 13.9 Å². The molecule has 0 spiro atoms. The minimum absolute atomic E-state index is 0.162. The Morgan fingerprint density at radius 2 is 1.90 bits per heavy atom. The molecule has 2 aromatic carbocycles. The number of rotatable bonds is 1. The molecule has 2 aromatic rings. The predicted molar refractivity (Wildman–Crippen MR) is 70.8 cm³/mol. The van der Waals surface area contributed by atoms with E-state index < -0.39 is 23.8 Å². The van der Waals surface area contributed by atoms with E-state index in [1.54, 1.807) is 6.07 Å². The van der Waals surface area contributed by atoms with E-state index in [-0.39, 0.29) is 6.42 Å². The van der Waals surface area contributed by atoms with Gasteiger partial charge in [0.2, 0.25) is 0 Å². The summed E-state index contributed by atoms with van der Waals surface area (Å²) in [5.41, 5.74) is 0.707. The highest BCUT2D eigenvalue weighted by Gasteiger charge is 2.30. The van der Waals surface area contributed by atoms with Crippen LogP contribution in [0.3, 0.4) is 0 Å². The van der Waals surface area contributed by atoms with Gasteiger partial charge >= 0.3 is 0 Å². The molecule has 2 atom stereocenters. The summed E-state index contributed by atoms with van der Waals surface area (Å²) in [7, 11) is 0. The number of aliphatic hydroxyl groups excluding tert-OH is 1. The summed E-state index contributed by atoms with van der Waals surface area (Å²) in [5.74, 6) is -0.563. The molecule has 1 heterocycles. The van der Waals surface area contributed by atoms with Gasteiger partial charge in [-0.15, -0.1) is 0 Å². The molecule has 2 nitrogen and oxygen atoms in total. The molecule has 0 fully saturated rings. The van der Waals surface area contributed by atoms with Crippen molar-refractivity contribution in [2.45, 2.75) is 18.6 Å². The second kappa shape index (κ2) is 5.04. The van der Waals surface area contributed by atoms with Crippen molar-refractivity contribution in [2.24, 2.45) is 0 Å². The fourth-order valence-electron chi connectivity index (χ4n) is 2.37. The average molecular weight is 297 g/mol.